The number of rotatable bonds is 21. The SMILES string of the molecule is CC(C)(COP(=O)(O)OP(=O)(O)OC[C@H]1O[C@@H](n2cnc3c(N)ncnc32)[C@H](O)[C@@H]1OP(=O)(O)O)[C@@H](O)C(=O)NCCC(=O)NCCSC(=O)[C@H](N)c1ccc(O)cc1. The van der Waals surface area contributed by atoms with Crippen LogP contribution in [0.4, 0.5) is 5.82 Å². The number of carbonyl (C=O) groups is 3. The average Bonchev–Trinajstić information content (AvgIpc) is 3.71. The summed E-state index contributed by atoms with van der Waals surface area (Å²) in [7, 11) is -16.4. The van der Waals surface area contributed by atoms with Crippen LogP contribution >= 0.6 is 35.2 Å². The van der Waals surface area contributed by atoms with Gasteiger partial charge in [-0.15, -0.1) is 0 Å². The molecule has 1 aromatic carbocycles. The van der Waals surface area contributed by atoms with Gasteiger partial charge in [0.1, 0.15) is 42.0 Å². The van der Waals surface area contributed by atoms with Crippen molar-refractivity contribution >= 4 is 69.1 Å². The van der Waals surface area contributed by atoms with Crippen molar-refractivity contribution in [3.63, 3.8) is 0 Å². The van der Waals surface area contributed by atoms with Crippen molar-refractivity contribution < 1.29 is 85.6 Å². The third kappa shape index (κ3) is 13.8. The number of thioether (sulfide) groups is 1. The Morgan fingerprint density at radius 1 is 1.02 bits per heavy atom. The van der Waals surface area contributed by atoms with E-state index in [1.807, 2.05) is 0 Å². The Kier molecular flexibility index (Phi) is 16.3. The Bertz CT molecular complexity index is 2110. The highest BCUT2D eigenvalue weighted by atomic mass is 32.2. The minimum atomic E-state index is -5.59. The van der Waals surface area contributed by atoms with Gasteiger partial charge >= 0.3 is 23.5 Å². The summed E-state index contributed by atoms with van der Waals surface area (Å²) in [6.45, 7) is 0.257. The monoisotopic (exact) mass is 916 g/mol. The van der Waals surface area contributed by atoms with Crippen LogP contribution in [0.5, 0.6) is 5.75 Å². The number of carbonyl (C=O) groups excluding carboxylic acids is 3. The smallest absolute Gasteiger partial charge is 0.481 e. The van der Waals surface area contributed by atoms with Crippen LogP contribution in [0.25, 0.3) is 11.2 Å². The van der Waals surface area contributed by atoms with E-state index >= 15 is 0 Å². The minimum Gasteiger partial charge on any atom is -0.508 e. The first kappa shape index (κ1) is 48.2. The number of imidazole rings is 1. The van der Waals surface area contributed by atoms with E-state index in [0.717, 1.165) is 29.0 Å². The standard InChI is InChI=1S/C29H43N8O18P3S/c1-29(2,23(41)26(42)33-8-7-18(39)32-9-10-59-28(43)19(30)15-3-5-16(38)6-4-15)12-52-58(49,50)55-57(47,48)51-11-17-22(54-56(44,45)46)21(40)27(53-17)37-14-36-20-24(31)34-13-35-25(20)37/h3-6,13-14,17,19,21-23,27,38,40-41H,7-12,30H2,1-2H3,(H,32,39)(H,33,42)(H,47,48)(H,49,50)(H2,31,34,35)(H2,44,45,46)/t17-,19-,21-,22-,23+,27-/m1/s1. The van der Waals surface area contributed by atoms with Crippen LogP contribution in [0, 0.1) is 5.41 Å². The summed E-state index contributed by atoms with van der Waals surface area (Å²) < 4.78 is 62.1. The maximum absolute atomic E-state index is 12.7. The molecule has 1 aliphatic heterocycles. The second-order valence-electron chi connectivity index (χ2n) is 13.3. The van der Waals surface area contributed by atoms with Crippen molar-refractivity contribution in [2.45, 2.75) is 57.0 Å². The molecule has 13 N–H and O–H groups in total. The molecule has 2 unspecified atom stereocenters. The summed E-state index contributed by atoms with van der Waals surface area (Å²) in [6.07, 6.45) is -7.06. The highest BCUT2D eigenvalue weighted by Gasteiger charge is 2.50. The number of aliphatic hydroxyl groups is 2. The van der Waals surface area contributed by atoms with Gasteiger partial charge in [-0.3, -0.25) is 32.5 Å². The molecule has 1 aliphatic rings. The zero-order valence-corrected chi connectivity index (χ0v) is 34.5. The van der Waals surface area contributed by atoms with E-state index in [-0.39, 0.29) is 53.1 Å². The van der Waals surface area contributed by atoms with Crippen LogP contribution in [0.3, 0.4) is 0 Å². The maximum Gasteiger partial charge on any atom is 0.481 e. The number of benzene rings is 1. The number of amides is 2. The normalized spacial score (nSPS) is 21.6. The van der Waals surface area contributed by atoms with Gasteiger partial charge in [0, 0.05) is 30.7 Å². The van der Waals surface area contributed by atoms with E-state index in [2.05, 4.69) is 34.4 Å². The molecule has 0 radical (unpaired) electrons. The Balaban J connectivity index is 1.21. The molecule has 1 fully saturated rings. The summed E-state index contributed by atoms with van der Waals surface area (Å²) in [6, 6.07) is 4.88. The Morgan fingerprint density at radius 3 is 2.34 bits per heavy atom. The molecule has 3 heterocycles. The van der Waals surface area contributed by atoms with Gasteiger partial charge < -0.3 is 61.7 Å². The average molecular weight is 917 g/mol. The minimum absolute atomic E-state index is 0.0207. The molecule has 0 aliphatic carbocycles. The number of hydrogen-bond acceptors (Lipinski definition) is 20. The van der Waals surface area contributed by atoms with Crippen LogP contribution in [-0.2, 0) is 50.7 Å². The highest BCUT2D eigenvalue weighted by Crippen LogP contribution is 2.61. The third-order valence-electron chi connectivity index (χ3n) is 8.25. The lowest BCUT2D eigenvalue weighted by Crippen LogP contribution is -2.46. The number of phosphoric acid groups is 3. The number of aromatic hydroxyl groups is 1. The molecule has 0 bridgehead atoms. The van der Waals surface area contributed by atoms with Crippen molar-refractivity contribution in [1.29, 1.82) is 0 Å². The van der Waals surface area contributed by atoms with E-state index in [9.17, 15) is 63.0 Å². The van der Waals surface area contributed by atoms with Gasteiger partial charge in [-0.1, -0.05) is 37.7 Å². The van der Waals surface area contributed by atoms with Crippen molar-refractivity contribution in [2.24, 2.45) is 11.1 Å². The van der Waals surface area contributed by atoms with Crippen LogP contribution in [0.1, 0.15) is 38.1 Å². The molecular formula is C29H43N8O18P3S. The number of aliphatic hydroxyl groups excluding tert-OH is 2. The van der Waals surface area contributed by atoms with E-state index in [4.69, 9.17) is 25.3 Å². The zero-order chi connectivity index (χ0) is 43.9. The van der Waals surface area contributed by atoms with E-state index in [0.29, 0.717) is 5.56 Å². The summed E-state index contributed by atoms with van der Waals surface area (Å²) >= 11 is 0.890. The molecule has 2 aromatic heterocycles. The van der Waals surface area contributed by atoms with Crippen LogP contribution < -0.4 is 22.1 Å². The first-order chi connectivity index (χ1) is 27.4. The number of phenolic OH excluding ortho intramolecular Hbond substituents is 1. The summed E-state index contributed by atoms with van der Waals surface area (Å²) in [5.74, 6) is -1.35. The first-order valence-electron chi connectivity index (χ1n) is 17.0. The number of anilines is 1. The number of aromatic nitrogens is 4. The molecular weight excluding hydrogens is 873 g/mol. The second kappa shape index (κ2) is 19.9. The van der Waals surface area contributed by atoms with Crippen LogP contribution in [-0.4, -0.2) is 128 Å². The first-order valence-corrected chi connectivity index (χ1v) is 22.5. The number of phenols is 1. The van der Waals surface area contributed by atoms with E-state index in [1.165, 1.54) is 38.1 Å². The molecule has 1 saturated heterocycles. The number of fused-ring (bicyclic) bond motifs is 1. The number of hydrogen-bond donors (Lipinski definition) is 11. The van der Waals surface area contributed by atoms with E-state index < -0.39 is 90.6 Å². The number of nitrogens with two attached hydrogens (primary N) is 2. The second-order valence-corrected chi connectivity index (χ2v) is 18.6. The van der Waals surface area contributed by atoms with Gasteiger partial charge in [-0.25, -0.2) is 28.6 Å². The van der Waals surface area contributed by atoms with Crippen LogP contribution in [0.15, 0.2) is 36.9 Å². The Labute approximate surface area is 338 Å². The molecule has 0 saturated carbocycles. The van der Waals surface area contributed by atoms with Gasteiger partial charge in [0.25, 0.3) is 0 Å². The Hall–Kier alpha value is -3.46. The number of nitrogens with zero attached hydrogens (tertiary/aromatic N) is 4. The number of phosphoric ester groups is 3. The predicted octanol–water partition coefficient (Wildman–Crippen LogP) is -0.930. The summed E-state index contributed by atoms with van der Waals surface area (Å²) in [4.78, 5) is 88.1. The summed E-state index contributed by atoms with van der Waals surface area (Å²) in [5, 5.41) is 35.3. The van der Waals surface area contributed by atoms with Gasteiger partial charge in [-0.2, -0.15) is 4.31 Å². The van der Waals surface area contributed by atoms with Gasteiger partial charge in [0.05, 0.1) is 25.6 Å². The van der Waals surface area contributed by atoms with Crippen LogP contribution in [0.2, 0.25) is 0 Å². The van der Waals surface area contributed by atoms with Gasteiger partial charge in [-0.05, 0) is 17.7 Å². The predicted molar refractivity (Wildman–Crippen MR) is 202 cm³/mol. The van der Waals surface area contributed by atoms with E-state index in [1.54, 1.807) is 0 Å². The number of ether oxygens (including phenoxy) is 1. The lowest BCUT2D eigenvalue weighted by molar-refractivity contribution is -0.137. The third-order valence-corrected chi connectivity index (χ3v) is 12.3. The topological polar surface area (TPSA) is 410 Å². The molecule has 2 amide bonds. The molecule has 26 nitrogen and oxygen atoms in total. The lowest BCUT2D eigenvalue weighted by Gasteiger charge is -2.30. The van der Waals surface area contributed by atoms with Gasteiger partial charge in [0.15, 0.2) is 17.7 Å². The highest BCUT2D eigenvalue weighted by molar-refractivity contribution is 8.13. The fourth-order valence-electron chi connectivity index (χ4n) is 5.19. The fraction of sp³-hybridized carbons (Fsp3) is 0.517. The molecule has 3 aromatic rings. The van der Waals surface area contributed by atoms with Crippen molar-refractivity contribution in [1.82, 2.24) is 30.2 Å². The quantitative estimate of drug-likeness (QED) is 0.0454. The largest absolute Gasteiger partial charge is 0.508 e. The lowest BCUT2D eigenvalue weighted by atomic mass is 9.87. The Morgan fingerprint density at radius 2 is 1.68 bits per heavy atom. The molecule has 8 atom stereocenters. The summed E-state index contributed by atoms with van der Waals surface area (Å²) in [5.41, 5.74) is 10.6. The van der Waals surface area contributed by atoms with Gasteiger partial charge in [0.2, 0.25) is 16.9 Å². The number of nitrogen functional groups attached to an aromatic ring is 1. The molecule has 4 rings (SSSR count). The van der Waals surface area contributed by atoms with Crippen molar-refractivity contribution in [2.75, 3.05) is 37.8 Å². The van der Waals surface area contributed by atoms with Crippen molar-refractivity contribution in [3.8, 4) is 5.75 Å². The molecule has 30 heteroatoms. The molecule has 328 valence electrons. The zero-order valence-electron chi connectivity index (χ0n) is 31.0. The molecule has 0 spiro atoms. The molecule has 59 heavy (non-hydrogen) atoms. The number of nitrogens with one attached hydrogen (secondary N) is 2. The maximum atomic E-state index is 12.7. The fourth-order valence-corrected chi connectivity index (χ4v) is 8.74. The van der Waals surface area contributed by atoms with Crippen molar-refractivity contribution in [3.05, 3.63) is 42.5 Å².